The van der Waals surface area contributed by atoms with Gasteiger partial charge in [-0.3, -0.25) is 4.57 Å². The molecule has 2 rings (SSSR count). The Morgan fingerprint density at radius 2 is 2.19 bits per heavy atom. The lowest BCUT2D eigenvalue weighted by molar-refractivity contribution is 0.803. The van der Waals surface area contributed by atoms with Crippen molar-refractivity contribution < 1.29 is 0 Å². The van der Waals surface area contributed by atoms with E-state index in [0.717, 1.165) is 23.6 Å². The fraction of sp³-hybridized carbons (Fsp3) is 0.333. The topological polar surface area (TPSA) is 56.7 Å². The van der Waals surface area contributed by atoms with Crippen LogP contribution in [-0.2, 0) is 6.42 Å². The van der Waals surface area contributed by atoms with Crippen LogP contribution < -0.4 is 5.73 Å². The highest BCUT2D eigenvalue weighted by Crippen LogP contribution is 2.12. The molecule has 0 saturated carbocycles. The molecule has 4 nitrogen and oxygen atoms in total. The quantitative estimate of drug-likeness (QED) is 0.851. The number of imidazole rings is 1. The first-order valence-corrected chi connectivity index (χ1v) is 5.46. The number of hydrogen-bond donors (Lipinski definition) is 1. The van der Waals surface area contributed by atoms with Crippen LogP contribution in [-0.4, -0.2) is 14.5 Å². The maximum atomic E-state index is 5.78. The molecule has 0 aliphatic carbocycles. The molecular weight excluding hydrogens is 200 g/mol. The van der Waals surface area contributed by atoms with Crippen molar-refractivity contribution in [2.45, 2.75) is 26.3 Å². The molecule has 0 unspecified atom stereocenters. The molecule has 0 saturated heterocycles. The number of nitrogens with zero attached hydrogens (tertiary/aromatic N) is 3. The second kappa shape index (κ2) is 4.45. The lowest BCUT2D eigenvalue weighted by atomic mass is 10.1. The fourth-order valence-corrected chi connectivity index (χ4v) is 1.61. The van der Waals surface area contributed by atoms with E-state index in [9.17, 15) is 0 Å². The Morgan fingerprint density at radius 1 is 1.38 bits per heavy atom. The maximum absolute atomic E-state index is 5.78. The number of aromatic nitrogens is 3. The van der Waals surface area contributed by atoms with Gasteiger partial charge in [-0.25, -0.2) is 9.97 Å². The molecule has 84 valence electrons. The van der Waals surface area contributed by atoms with Crippen molar-refractivity contribution in [1.82, 2.24) is 14.5 Å². The summed E-state index contributed by atoms with van der Waals surface area (Å²) in [5.41, 5.74) is 6.82. The lowest BCUT2D eigenvalue weighted by Gasteiger charge is -2.08. The molecule has 2 aromatic heterocycles. The van der Waals surface area contributed by atoms with Gasteiger partial charge >= 0.3 is 0 Å². The Morgan fingerprint density at radius 3 is 2.75 bits per heavy atom. The summed E-state index contributed by atoms with van der Waals surface area (Å²) in [4.78, 5) is 8.66. The molecule has 4 heteroatoms. The third kappa shape index (κ3) is 1.97. The van der Waals surface area contributed by atoms with E-state index in [-0.39, 0.29) is 6.04 Å². The first-order valence-electron chi connectivity index (χ1n) is 5.46. The second-order valence-electron chi connectivity index (χ2n) is 3.81. The first-order chi connectivity index (χ1) is 7.72. The van der Waals surface area contributed by atoms with Crippen LogP contribution in [0.1, 0.15) is 31.3 Å². The Kier molecular flexibility index (Phi) is 3.01. The van der Waals surface area contributed by atoms with E-state index >= 15 is 0 Å². The molecule has 0 bridgehead atoms. The second-order valence-corrected chi connectivity index (χ2v) is 3.81. The molecule has 0 aromatic carbocycles. The van der Waals surface area contributed by atoms with E-state index in [1.807, 2.05) is 36.0 Å². The first kappa shape index (κ1) is 10.8. The summed E-state index contributed by atoms with van der Waals surface area (Å²) in [6.45, 7) is 4.03. The standard InChI is InChI=1S/C12H16N4/c1-3-11-14-6-7-16(11)12-5-4-10(8-15-12)9(2)13/h4-9H,3,13H2,1-2H3/t9-/m0/s1. The molecule has 2 heterocycles. The highest BCUT2D eigenvalue weighted by molar-refractivity contribution is 5.28. The van der Waals surface area contributed by atoms with Crippen molar-refractivity contribution in [1.29, 1.82) is 0 Å². The van der Waals surface area contributed by atoms with Crippen LogP contribution in [0.2, 0.25) is 0 Å². The Balaban J connectivity index is 2.35. The maximum Gasteiger partial charge on any atom is 0.137 e. The predicted octanol–water partition coefficient (Wildman–Crippen LogP) is 1.85. The monoisotopic (exact) mass is 216 g/mol. The zero-order chi connectivity index (χ0) is 11.5. The Hall–Kier alpha value is -1.68. The molecule has 0 aliphatic rings. The van der Waals surface area contributed by atoms with E-state index in [1.54, 1.807) is 6.20 Å². The number of aryl methyl sites for hydroxylation is 1. The van der Waals surface area contributed by atoms with Gasteiger partial charge in [-0.2, -0.15) is 0 Å². The van der Waals surface area contributed by atoms with E-state index in [0.29, 0.717) is 0 Å². The van der Waals surface area contributed by atoms with Gasteiger partial charge in [0.05, 0.1) is 0 Å². The molecule has 2 N–H and O–H groups in total. The SMILES string of the molecule is CCc1nccn1-c1ccc([C@H](C)N)cn1. The van der Waals surface area contributed by atoms with Crippen LogP contribution in [0.25, 0.3) is 5.82 Å². The zero-order valence-corrected chi connectivity index (χ0v) is 9.59. The molecule has 0 spiro atoms. The third-order valence-corrected chi connectivity index (χ3v) is 2.58. The number of nitrogens with two attached hydrogens (primary N) is 1. The Bertz CT molecular complexity index is 456. The number of pyridine rings is 1. The number of rotatable bonds is 3. The van der Waals surface area contributed by atoms with Crippen LogP contribution in [0, 0.1) is 0 Å². The molecule has 0 amide bonds. The lowest BCUT2D eigenvalue weighted by Crippen LogP contribution is -2.07. The minimum absolute atomic E-state index is 0.0231. The van der Waals surface area contributed by atoms with Gasteiger partial charge in [0.1, 0.15) is 11.6 Å². The Labute approximate surface area is 95.1 Å². The summed E-state index contributed by atoms with van der Waals surface area (Å²) in [5, 5.41) is 0. The normalized spacial score (nSPS) is 12.7. The van der Waals surface area contributed by atoms with Gasteiger partial charge in [-0.05, 0) is 18.6 Å². The van der Waals surface area contributed by atoms with E-state index < -0.39 is 0 Å². The van der Waals surface area contributed by atoms with Crippen molar-refractivity contribution in [3.63, 3.8) is 0 Å². The van der Waals surface area contributed by atoms with Crippen LogP contribution in [0.15, 0.2) is 30.7 Å². The summed E-state index contributed by atoms with van der Waals surface area (Å²) in [7, 11) is 0. The molecule has 0 radical (unpaired) electrons. The zero-order valence-electron chi connectivity index (χ0n) is 9.59. The molecule has 16 heavy (non-hydrogen) atoms. The summed E-state index contributed by atoms with van der Waals surface area (Å²) in [6, 6.07) is 4.00. The van der Waals surface area contributed by atoms with Gasteiger partial charge in [0.2, 0.25) is 0 Å². The van der Waals surface area contributed by atoms with Gasteiger partial charge in [-0.1, -0.05) is 13.0 Å². The molecule has 1 atom stereocenters. The van der Waals surface area contributed by atoms with Crippen molar-refractivity contribution in [2.75, 3.05) is 0 Å². The summed E-state index contributed by atoms with van der Waals surface area (Å²) in [6.07, 6.45) is 6.43. The largest absolute Gasteiger partial charge is 0.324 e. The average Bonchev–Trinajstić information content (AvgIpc) is 2.77. The van der Waals surface area contributed by atoms with Gasteiger partial charge in [0.15, 0.2) is 0 Å². The van der Waals surface area contributed by atoms with Crippen molar-refractivity contribution in [2.24, 2.45) is 5.73 Å². The van der Waals surface area contributed by atoms with Crippen LogP contribution in [0.5, 0.6) is 0 Å². The summed E-state index contributed by atoms with van der Waals surface area (Å²) in [5.74, 6) is 1.90. The van der Waals surface area contributed by atoms with Crippen molar-refractivity contribution >= 4 is 0 Å². The average molecular weight is 216 g/mol. The van der Waals surface area contributed by atoms with Gasteiger partial charge < -0.3 is 5.73 Å². The van der Waals surface area contributed by atoms with Gasteiger partial charge in [0, 0.05) is 31.1 Å². The summed E-state index contributed by atoms with van der Waals surface area (Å²) >= 11 is 0. The highest BCUT2D eigenvalue weighted by atomic mass is 15.1. The smallest absolute Gasteiger partial charge is 0.137 e. The van der Waals surface area contributed by atoms with E-state index in [2.05, 4.69) is 16.9 Å². The van der Waals surface area contributed by atoms with Gasteiger partial charge in [-0.15, -0.1) is 0 Å². The van der Waals surface area contributed by atoms with Crippen LogP contribution in [0.4, 0.5) is 0 Å². The number of hydrogen-bond acceptors (Lipinski definition) is 3. The van der Waals surface area contributed by atoms with Crippen LogP contribution in [0.3, 0.4) is 0 Å². The van der Waals surface area contributed by atoms with E-state index in [4.69, 9.17) is 5.73 Å². The van der Waals surface area contributed by atoms with E-state index in [1.165, 1.54) is 0 Å². The summed E-state index contributed by atoms with van der Waals surface area (Å²) < 4.78 is 1.99. The van der Waals surface area contributed by atoms with Gasteiger partial charge in [0.25, 0.3) is 0 Å². The van der Waals surface area contributed by atoms with Crippen LogP contribution >= 0.6 is 0 Å². The minimum Gasteiger partial charge on any atom is -0.324 e. The highest BCUT2D eigenvalue weighted by Gasteiger charge is 2.05. The molecule has 0 aliphatic heterocycles. The minimum atomic E-state index is 0.0231. The van der Waals surface area contributed by atoms with Crippen molar-refractivity contribution in [3.05, 3.63) is 42.1 Å². The molecular formula is C12H16N4. The third-order valence-electron chi connectivity index (χ3n) is 2.58. The molecule has 0 fully saturated rings. The fourth-order valence-electron chi connectivity index (χ4n) is 1.61. The predicted molar refractivity (Wildman–Crippen MR) is 63.3 cm³/mol. The molecule has 2 aromatic rings. The van der Waals surface area contributed by atoms with Crippen molar-refractivity contribution in [3.8, 4) is 5.82 Å².